The zero-order chi connectivity index (χ0) is 11.9. The van der Waals surface area contributed by atoms with Crippen molar-refractivity contribution in [2.45, 2.75) is 38.1 Å². The van der Waals surface area contributed by atoms with Gasteiger partial charge in [-0.2, -0.15) is 0 Å². The van der Waals surface area contributed by atoms with E-state index in [1.165, 1.54) is 31.7 Å². The van der Waals surface area contributed by atoms with Crippen LogP contribution in [0.4, 0.5) is 4.39 Å². The van der Waals surface area contributed by atoms with Crippen LogP contribution in [0, 0.1) is 11.2 Å². The molecule has 1 aromatic carbocycles. The summed E-state index contributed by atoms with van der Waals surface area (Å²) < 4.78 is 13.2. The van der Waals surface area contributed by atoms with E-state index in [0.717, 1.165) is 24.6 Å². The molecule has 2 saturated carbocycles. The molecule has 1 aromatic rings. The molecule has 0 heterocycles. The van der Waals surface area contributed by atoms with Crippen molar-refractivity contribution in [3.8, 4) is 0 Å². The van der Waals surface area contributed by atoms with E-state index in [2.05, 4.69) is 5.32 Å². The Morgan fingerprint density at radius 1 is 1.35 bits per heavy atom. The Morgan fingerprint density at radius 2 is 2.12 bits per heavy atom. The monoisotopic (exact) mass is 253 g/mol. The summed E-state index contributed by atoms with van der Waals surface area (Å²) in [5, 5.41) is 4.28. The first-order valence-electron chi connectivity index (χ1n) is 6.34. The van der Waals surface area contributed by atoms with E-state index >= 15 is 0 Å². The second-order valence-corrected chi connectivity index (χ2v) is 5.97. The molecule has 0 unspecified atom stereocenters. The quantitative estimate of drug-likeness (QED) is 0.846. The predicted molar refractivity (Wildman–Crippen MR) is 67.8 cm³/mol. The van der Waals surface area contributed by atoms with Crippen LogP contribution in [0.15, 0.2) is 18.2 Å². The second-order valence-electron chi connectivity index (χ2n) is 5.57. The minimum Gasteiger partial charge on any atom is -0.313 e. The van der Waals surface area contributed by atoms with Gasteiger partial charge in [0, 0.05) is 17.6 Å². The lowest BCUT2D eigenvalue weighted by Gasteiger charge is -2.16. The summed E-state index contributed by atoms with van der Waals surface area (Å²) in [5.41, 5.74) is 1.31. The Labute approximate surface area is 106 Å². The molecule has 17 heavy (non-hydrogen) atoms. The molecule has 0 aromatic heterocycles. The van der Waals surface area contributed by atoms with Crippen LogP contribution in [0.2, 0.25) is 5.02 Å². The van der Waals surface area contributed by atoms with Crippen molar-refractivity contribution in [2.75, 3.05) is 6.54 Å². The molecule has 0 radical (unpaired) electrons. The average molecular weight is 254 g/mol. The van der Waals surface area contributed by atoms with Crippen LogP contribution in [-0.4, -0.2) is 12.6 Å². The zero-order valence-electron chi connectivity index (χ0n) is 9.81. The summed E-state index contributed by atoms with van der Waals surface area (Å²) in [5.74, 6) is -0.185. The van der Waals surface area contributed by atoms with E-state index in [0.29, 0.717) is 10.4 Å². The fourth-order valence-corrected chi connectivity index (χ4v) is 2.51. The van der Waals surface area contributed by atoms with E-state index in [9.17, 15) is 4.39 Å². The first-order valence-corrected chi connectivity index (χ1v) is 6.72. The largest absolute Gasteiger partial charge is 0.313 e. The maximum absolute atomic E-state index is 13.2. The van der Waals surface area contributed by atoms with E-state index < -0.39 is 0 Å². The molecule has 0 saturated heterocycles. The highest BCUT2D eigenvalue weighted by molar-refractivity contribution is 6.31. The van der Waals surface area contributed by atoms with Crippen molar-refractivity contribution in [1.29, 1.82) is 0 Å². The summed E-state index contributed by atoms with van der Waals surface area (Å²) in [6, 6.07) is 5.42. The number of hydrogen-bond acceptors (Lipinski definition) is 1. The topological polar surface area (TPSA) is 12.0 Å². The maximum Gasteiger partial charge on any atom is 0.123 e. The lowest BCUT2D eigenvalue weighted by molar-refractivity contribution is 0.452. The smallest absolute Gasteiger partial charge is 0.123 e. The van der Waals surface area contributed by atoms with Crippen molar-refractivity contribution < 1.29 is 4.39 Å². The molecule has 0 bridgehead atoms. The normalized spacial score (nSPS) is 21.5. The number of rotatable bonds is 5. The van der Waals surface area contributed by atoms with E-state index in [1.807, 2.05) is 0 Å². The highest BCUT2D eigenvalue weighted by atomic mass is 35.5. The summed E-state index contributed by atoms with van der Waals surface area (Å²) in [7, 11) is 0. The zero-order valence-corrected chi connectivity index (χ0v) is 10.6. The summed E-state index contributed by atoms with van der Waals surface area (Å²) >= 11 is 6.12. The Hall–Kier alpha value is -0.600. The fourth-order valence-electron chi connectivity index (χ4n) is 2.32. The molecule has 1 N–H and O–H groups in total. The summed E-state index contributed by atoms with van der Waals surface area (Å²) in [6.07, 6.45) is 6.01. The van der Waals surface area contributed by atoms with Gasteiger partial charge in [-0.25, -0.2) is 4.39 Å². The van der Waals surface area contributed by atoms with Crippen molar-refractivity contribution in [2.24, 2.45) is 5.41 Å². The molecule has 1 nitrogen and oxygen atoms in total. The molecule has 3 heteroatoms. The number of benzene rings is 1. The van der Waals surface area contributed by atoms with Crippen LogP contribution >= 0.6 is 11.6 Å². The van der Waals surface area contributed by atoms with Crippen LogP contribution in [-0.2, 0) is 6.42 Å². The van der Waals surface area contributed by atoms with Crippen LogP contribution in [0.5, 0.6) is 0 Å². The molecule has 0 aliphatic heterocycles. The Morgan fingerprint density at radius 3 is 2.76 bits per heavy atom. The highest BCUT2D eigenvalue weighted by Crippen LogP contribution is 2.49. The van der Waals surface area contributed by atoms with E-state index in [4.69, 9.17) is 11.6 Å². The number of nitrogens with one attached hydrogen (secondary N) is 1. The molecule has 2 aliphatic rings. The third-order valence-electron chi connectivity index (χ3n) is 3.87. The van der Waals surface area contributed by atoms with Gasteiger partial charge in [-0.3, -0.25) is 0 Å². The minimum absolute atomic E-state index is 0.185. The number of hydrogen-bond donors (Lipinski definition) is 1. The van der Waals surface area contributed by atoms with Gasteiger partial charge in [-0.15, -0.1) is 0 Å². The molecule has 0 atom stereocenters. The van der Waals surface area contributed by atoms with Gasteiger partial charge in [0.05, 0.1) is 0 Å². The van der Waals surface area contributed by atoms with Gasteiger partial charge >= 0.3 is 0 Å². The van der Waals surface area contributed by atoms with Gasteiger partial charge in [0.1, 0.15) is 5.82 Å². The van der Waals surface area contributed by atoms with Crippen LogP contribution in [0.3, 0.4) is 0 Å². The lowest BCUT2D eigenvalue weighted by Crippen LogP contribution is -2.27. The van der Waals surface area contributed by atoms with Gasteiger partial charge in [0.2, 0.25) is 0 Å². The molecule has 92 valence electrons. The fraction of sp³-hybridized carbons (Fsp3) is 0.571. The third kappa shape index (κ3) is 2.80. The first-order chi connectivity index (χ1) is 8.17. The molecule has 2 fully saturated rings. The third-order valence-corrected chi connectivity index (χ3v) is 4.24. The molecule has 0 amide bonds. The van der Waals surface area contributed by atoms with Gasteiger partial charge in [0.15, 0.2) is 0 Å². The minimum atomic E-state index is -0.185. The standard InChI is InChI=1S/C14H17ClFN/c15-13-4-1-11(16)7-10(13)8-14(5-6-14)9-17-12-2-3-12/h1,4,7,12,17H,2-3,5-6,8-9H2. The van der Waals surface area contributed by atoms with Crippen molar-refractivity contribution in [1.82, 2.24) is 5.32 Å². The van der Waals surface area contributed by atoms with Gasteiger partial charge in [0.25, 0.3) is 0 Å². The maximum atomic E-state index is 13.2. The van der Waals surface area contributed by atoms with E-state index in [-0.39, 0.29) is 5.82 Å². The van der Waals surface area contributed by atoms with Crippen LogP contribution < -0.4 is 5.32 Å². The van der Waals surface area contributed by atoms with Crippen molar-refractivity contribution in [3.63, 3.8) is 0 Å². The Kier molecular flexibility index (Phi) is 2.87. The summed E-state index contributed by atoms with van der Waals surface area (Å²) in [4.78, 5) is 0. The van der Waals surface area contributed by atoms with Gasteiger partial charge < -0.3 is 5.32 Å². The average Bonchev–Trinajstić information content (AvgIpc) is 3.16. The van der Waals surface area contributed by atoms with Crippen LogP contribution in [0.25, 0.3) is 0 Å². The molecule has 2 aliphatic carbocycles. The predicted octanol–water partition coefficient (Wildman–Crippen LogP) is 3.55. The molecular weight excluding hydrogens is 237 g/mol. The summed E-state index contributed by atoms with van der Waals surface area (Å²) in [6.45, 7) is 1.06. The van der Waals surface area contributed by atoms with Gasteiger partial charge in [-0.1, -0.05) is 11.6 Å². The molecule has 0 spiro atoms. The first kappa shape index (κ1) is 11.5. The van der Waals surface area contributed by atoms with E-state index in [1.54, 1.807) is 12.1 Å². The van der Waals surface area contributed by atoms with Gasteiger partial charge in [-0.05, 0) is 61.3 Å². The highest BCUT2D eigenvalue weighted by Gasteiger charge is 2.43. The van der Waals surface area contributed by atoms with Crippen molar-refractivity contribution in [3.05, 3.63) is 34.6 Å². The Bertz CT molecular complexity index is 424. The Balaban J connectivity index is 1.66. The molecular formula is C14H17ClFN. The van der Waals surface area contributed by atoms with Crippen molar-refractivity contribution >= 4 is 11.6 Å². The molecule has 3 rings (SSSR count). The second kappa shape index (κ2) is 4.25. The van der Waals surface area contributed by atoms with Crippen LogP contribution in [0.1, 0.15) is 31.2 Å². The lowest BCUT2D eigenvalue weighted by atomic mass is 9.96. The number of halogens is 2. The SMILES string of the molecule is Fc1ccc(Cl)c(CC2(CNC3CC3)CC2)c1.